The van der Waals surface area contributed by atoms with Crippen LogP contribution >= 0.6 is 11.3 Å². The lowest BCUT2D eigenvalue weighted by molar-refractivity contribution is 0.143. The van der Waals surface area contributed by atoms with Gasteiger partial charge in [0, 0.05) is 43.6 Å². The van der Waals surface area contributed by atoms with E-state index in [2.05, 4.69) is 18.7 Å². The third kappa shape index (κ3) is 3.23. The van der Waals surface area contributed by atoms with Gasteiger partial charge in [0.1, 0.15) is 4.21 Å². The Balaban J connectivity index is 2.05. The van der Waals surface area contributed by atoms with Crippen LogP contribution in [0, 0.1) is 0 Å². The van der Waals surface area contributed by atoms with Crippen LogP contribution in [-0.4, -0.2) is 49.8 Å². The first-order valence-electron chi connectivity index (χ1n) is 7.02. The molecule has 1 saturated heterocycles. The fourth-order valence-electron chi connectivity index (χ4n) is 2.38. The molecule has 20 heavy (non-hydrogen) atoms. The average Bonchev–Trinajstić information content (AvgIpc) is 2.96. The Morgan fingerprint density at radius 2 is 1.95 bits per heavy atom. The highest BCUT2D eigenvalue weighted by Crippen LogP contribution is 2.25. The maximum atomic E-state index is 12.5. The monoisotopic (exact) mass is 317 g/mol. The number of sulfonamides is 1. The van der Waals surface area contributed by atoms with Gasteiger partial charge in [-0.1, -0.05) is 6.92 Å². The zero-order valence-electron chi connectivity index (χ0n) is 12.1. The van der Waals surface area contributed by atoms with Crippen LogP contribution in [0.15, 0.2) is 16.3 Å². The van der Waals surface area contributed by atoms with Crippen molar-refractivity contribution in [2.24, 2.45) is 5.73 Å². The molecule has 5 nitrogen and oxygen atoms in total. The van der Waals surface area contributed by atoms with E-state index in [1.165, 1.54) is 11.3 Å². The molecule has 0 spiro atoms. The number of hydrogen-bond donors (Lipinski definition) is 1. The summed E-state index contributed by atoms with van der Waals surface area (Å²) >= 11 is 1.28. The summed E-state index contributed by atoms with van der Waals surface area (Å²) in [6.07, 6.45) is 1.09. The molecule has 2 rings (SSSR count). The molecule has 1 fully saturated rings. The summed E-state index contributed by atoms with van der Waals surface area (Å²) < 4.78 is 27.1. The molecule has 0 saturated carbocycles. The highest BCUT2D eigenvalue weighted by atomic mass is 32.2. The molecule has 0 aliphatic carbocycles. The smallest absolute Gasteiger partial charge is 0.252 e. The van der Waals surface area contributed by atoms with Crippen molar-refractivity contribution in [3.05, 3.63) is 17.0 Å². The van der Waals surface area contributed by atoms with Crippen LogP contribution in [0.25, 0.3) is 0 Å². The summed E-state index contributed by atoms with van der Waals surface area (Å²) in [7, 11) is -3.34. The standard InChI is InChI=1S/C13H23N3O2S2/c1-3-11(2)15-6-8-16(9-7-15)20(17,18)13-5-4-12(10-14)19-13/h4-5,11H,3,6-10,14H2,1-2H3. The lowest BCUT2D eigenvalue weighted by atomic mass is 10.2. The molecule has 1 atom stereocenters. The van der Waals surface area contributed by atoms with Crippen molar-refractivity contribution in [1.82, 2.24) is 9.21 Å². The van der Waals surface area contributed by atoms with E-state index in [0.29, 0.717) is 29.9 Å². The first-order valence-corrected chi connectivity index (χ1v) is 9.27. The largest absolute Gasteiger partial charge is 0.326 e. The molecule has 1 unspecified atom stereocenters. The van der Waals surface area contributed by atoms with Crippen molar-refractivity contribution in [3.8, 4) is 0 Å². The minimum Gasteiger partial charge on any atom is -0.326 e. The van der Waals surface area contributed by atoms with E-state index in [1.807, 2.05) is 0 Å². The minimum atomic E-state index is -3.34. The highest BCUT2D eigenvalue weighted by Gasteiger charge is 2.30. The van der Waals surface area contributed by atoms with Crippen LogP contribution < -0.4 is 5.73 Å². The van der Waals surface area contributed by atoms with Gasteiger partial charge in [0.05, 0.1) is 0 Å². The molecule has 0 bridgehead atoms. The molecule has 0 aromatic carbocycles. The summed E-state index contributed by atoms with van der Waals surface area (Å²) in [6.45, 7) is 7.50. The predicted octanol–water partition coefficient (Wildman–Crippen LogP) is 1.31. The zero-order valence-corrected chi connectivity index (χ0v) is 13.7. The number of piperazine rings is 1. The molecule has 0 amide bonds. The van der Waals surface area contributed by atoms with Gasteiger partial charge in [0.2, 0.25) is 0 Å². The Kier molecular flexibility index (Phi) is 5.19. The molecule has 114 valence electrons. The van der Waals surface area contributed by atoms with Crippen LogP contribution in [0.5, 0.6) is 0 Å². The van der Waals surface area contributed by atoms with Gasteiger partial charge in [-0.25, -0.2) is 8.42 Å². The summed E-state index contributed by atoms with van der Waals surface area (Å²) in [5, 5.41) is 0. The Labute approximate surface area is 125 Å². The Bertz CT molecular complexity index is 534. The van der Waals surface area contributed by atoms with Gasteiger partial charge < -0.3 is 5.73 Å². The van der Waals surface area contributed by atoms with Gasteiger partial charge in [0.25, 0.3) is 10.0 Å². The van der Waals surface area contributed by atoms with Crippen LogP contribution in [0.4, 0.5) is 0 Å². The molecule has 1 aromatic rings. The summed E-state index contributed by atoms with van der Waals surface area (Å²) in [6, 6.07) is 3.99. The second-order valence-electron chi connectivity index (χ2n) is 5.12. The van der Waals surface area contributed by atoms with Gasteiger partial charge in [-0.3, -0.25) is 4.90 Å². The molecule has 2 N–H and O–H groups in total. The summed E-state index contributed by atoms with van der Waals surface area (Å²) in [4.78, 5) is 3.26. The topological polar surface area (TPSA) is 66.6 Å². The van der Waals surface area contributed by atoms with Crippen LogP contribution in [0.1, 0.15) is 25.1 Å². The van der Waals surface area contributed by atoms with Crippen molar-refractivity contribution >= 4 is 21.4 Å². The Morgan fingerprint density at radius 1 is 1.30 bits per heavy atom. The van der Waals surface area contributed by atoms with Crippen molar-refractivity contribution in [3.63, 3.8) is 0 Å². The molecular formula is C13H23N3O2S2. The van der Waals surface area contributed by atoms with Crippen molar-refractivity contribution in [2.45, 2.75) is 37.1 Å². The lowest BCUT2D eigenvalue weighted by Crippen LogP contribution is -2.50. The van der Waals surface area contributed by atoms with E-state index >= 15 is 0 Å². The molecule has 2 heterocycles. The highest BCUT2D eigenvalue weighted by molar-refractivity contribution is 7.91. The Hall–Kier alpha value is -0.470. The number of hydrogen-bond acceptors (Lipinski definition) is 5. The van der Waals surface area contributed by atoms with E-state index in [9.17, 15) is 8.42 Å². The van der Waals surface area contributed by atoms with Crippen molar-refractivity contribution in [2.75, 3.05) is 26.2 Å². The van der Waals surface area contributed by atoms with E-state index in [4.69, 9.17) is 5.73 Å². The van der Waals surface area contributed by atoms with E-state index in [1.54, 1.807) is 16.4 Å². The molecule has 1 aliphatic heterocycles. The summed E-state index contributed by atoms with van der Waals surface area (Å²) in [5.74, 6) is 0. The number of rotatable bonds is 5. The van der Waals surface area contributed by atoms with E-state index in [-0.39, 0.29) is 0 Å². The SMILES string of the molecule is CCC(C)N1CCN(S(=O)(=O)c2ccc(CN)s2)CC1. The van der Waals surface area contributed by atoms with Crippen LogP contribution in [-0.2, 0) is 16.6 Å². The molecule has 1 aliphatic rings. The van der Waals surface area contributed by atoms with E-state index in [0.717, 1.165) is 24.4 Å². The molecule has 0 radical (unpaired) electrons. The zero-order chi connectivity index (χ0) is 14.8. The molecule has 7 heteroatoms. The maximum absolute atomic E-state index is 12.5. The number of thiophene rings is 1. The van der Waals surface area contributed by atoms with Crippen LogP contribution in [0.2, 0.25) is 0 Å². The first kappa shape index (κ1) is 15.9. The normalized spacial score (nSPS) is 20.1. The Morgan fingerprint density at radius 3 is 2.45 bits per heavy atom. The fourth-order valence-corrected chi connectivity index (χ4v) is 5.19. The number of nitrogens with two attached hydrogens (primary N) is 1. The first-order chi connectivity index (χ1) is 9.48. The second-order valence-corrected chi connectivity index (χ2v) is 8.46. The van der Waals surface area contributed by atoms with Crippen LogP contribution in [0.3, 0.4) is 0 Å². The molecule has 1 aromatic heterocycles. The quantitative estimate of drug-likeness (QED) is 0.889. The van der Waals surface area contributed by atoms with E-state index < -0.39 is 10.0 Å². The van der Waals surface area contributed by atoms with Gasteiger partial charge in [-0.05, 0) is 25.5 Å². The maximum Gasteiger partial charge on any atom is 0.252 e. The lowest BCUT2D eigenvalue weighted by Gasteiger charge is -2.36. The third-order valence-corrected chi connectivity index (χ3v) is 7.39. The van der Waals surface area contributed by atoms with Crippen molar-refractivity contribution < 1.29 is 8.42 Å². The predicted molar refractivity (Wildman–Crippen MR) is 82.3 cm³/mol. The van der Waals surface area contributed by atoms with Gasteiger partial charge in [-0.2, -0.15) is 4.31 Å². The van der Waals surface area contributed by atoms with Gasteiger partial charge in [-0.15, -0.1) is 11.3 Å². The second kappa shape index (κ2) is 6.53. The van der Waals surface area contributed by atoms with Gasteiger partial charge >= 0.3 is 0 Å². The number of nitrogens with zero attached hydrogens (tertiary/aromatic N) is 2. The molecular weight excluding hydrogens is 294 g/mol. The average molecular weight is 317 g/mol. The van der Waals surface area contributed by atoms with Gasteiger partial charge in [0.15, 0.2) is 0 Å². The third-order valence-electron chi connectivity index (χ3n) is 3.92. The summed E-state index contributed by atoms with van der Waals surface area (Å²) in [5.41, 5.74) is 5.55. The minimum absolute atomic E-state index is 0.391. The van der Waals surface area contributed by atoms with Crippen molar-refractivity contribution in [1.29, 1.82) is 0 Å². The fraction of sp³-hybridized carbons (Fsp3) is 0.692.